The van der Waals surface area contributed by atoms with Crippen LogP contribution < -0.4 is 14.4 Å². The first-order valence-electron chi connectivity index (χ1n) is 11.4. The topological polar surface area (TPSA) is 88.6 Å². The lowest BCUT2D eigenvalue weighted by Gasteiger charge is -2.20. The maximum absolute atomic E-state index is 13.4. The second-order valence-electron chi connectivity index (χ2n) is 8.32. The van der Waals surface area contributed by atoms with Gasteiger partial charge in [0.1, 0.15) is 5.75 Å². The van der Waals surface area contributed by atoms with Gasteiger partial charge in [0.15, 0.2) is 0 Å². The highest BCUT2D eigenvalue weighted by Crippen LogP contribution is 2.34. The van der Waals surface area contributed by atoms with Crippen molar-refractivity contribution in [2.75, 3.05) is 24.5 Å². The summed E-state index contributed by atoms with van der Waals surface area (Å²) in [6.45, 7) is 0.739. The summed E-state index contributed by atoms with van der Waals surface area (Å²) in [6, 6.07) is 21.7. The first-order valence-corrected chi connectivity index (χ1v) is 12.8. The van der Waals surface area contributed by atoms with Gasteiger partial charge < -0.3 is 10.1 Å². The third-order valence-electron chi connectivity index (χ3n) is 6.24. The fourth-order valence-electron chi connectivity index (χ4n) is 4.48. The zero-order valence-electron chi connectivity index (χ0n) is 19.3. The van der Waals surface area contributed by atoms with Gasteiger partial charge in [-0.3, -0.25) is 14.1 Å². The number of ether oxygens (including phenoxy) is 1. The number of rotatable bonds is 7. The number of anilines is 1. The van der Waals surface area contributed by atoms with E-state index in [9.17, 15) is 13.2 Å². The number of para-hydroxylation sites is 2. The molecule has 0 saturated carbocycles. The maximum Gasteiger partial charge on any atom is 0.264 e. The normalized spacial score (nSPS) is 13.0. The van der Waals surface area contributed by atoms with E-state index in [1.165, 1.54) is 29.6 Å². The SMILES string of the molecule is COc1ccc(S(=O)(=O)N2CCc3ccccc32)cc1C(=O)NCCc1cccc2cccnc12. The van der Waals surface area contributed by atoms with E-state index in [0.29, 0.717) is 37.4 Å². The van der Waals surface area contributed by atoms with Crippen molar-refractivity contribution in [2.24, 2.45) is 0 Å². The highest BCUT2D eigenvalue weighted by Gasteiger charge is 2.31. The Morgan fingerprint density at radius 2 is 1.89 bits per heavy atom. The van der Waals surface area contributed by atoms with Crippen molar-refractivity contribution < 1.29 is 17.9 Å². The van der Waals surface area contributed by atoms with Crippen LogP contribution in [0.3, 0.4) is 0 Å². The van der Waals surface area contributed by atoms with Crippen LogP contribution in [-0.4, -0.2) is 39.5 Å². The molecule has 35 heavy (non-hydrogen) atoms. The lowest BCUT2D eigenvalue weighted by Crippen LogP contribution is -2.30. The molecule has 5 rings (SSSR count). The molecule has 8 heteroatoms. The number of benzene rings is 3. The molecule has 1 aromatic heterocycles. The average molecular weight is 488 g/mol. The lowest BCUT2D eigenvalue weighted by atomic mass is 10.1. The number of carbonyl (C=O) groups excluding carboxylic acids is 1. The van der Waals surface area contributed by atoms with E-state index in [1.807, 2.05) is 48.5 Å². The summed E-state index contributed by atoms with van der Waals surface area (Å²) < 4.78 is 33.6. The van der Waals surface area contributed by atoms with Crippen molar-refractivity contribution in [1.82, 2.24) is 10.3 Å². The molecule has 0 saturated heterocycles. The van der Waals surface area contributed by atoms with Gasteiger partial charge in [-0.1, -0.05) is 42.5 Å². The van der Waals surface area contributed by atoms with Gasteiger partial charge in [0.25, 0.3) is 15.9 Å². The van der Waals surface area contributed by atoms with Crippen LogP contribution in [-0.2, 0) is 22.9 Å². The second kappa shape index (κ2) is 9.38. The number of amides is 1. The van der Waals surface area contributed by atoms with Gasteiger partial charge in [0.05, 0.1) is 28.8 Å². The van der Waals surface area contributed by atoms with E-state index < -0.39 is 15.9 Å². The van der Waals surface area contributed by atoms with Gasteiger partial charge in [0, 0.05) is 24.7 Å². The molecule has 0 atom stereocenters. The number of sulfonamides is 1. The number of nitrogens with one attached hydrogen (secondary N) is 1. The molecule has 1 aliphatic heterocycles. The molecule has 7 nitrogen and oxygen atoms in total. The van der Waals surface area contributed by atoms with E-state index in [0.717, 1.165) is 22.0 Å². The minimum atomic E-state index is -3.83. The van der Waals surface area contributed by atoms with Crippen LogP contribution in [0.25, 0.3) is 10.9 Å². The number of aromatic nitrogens is 1. The summed E-state index contributed by atoms with van der Waals surface area (Å²) in [5, 5.41) is 3.94. The first kappa shape index (κ1) is 22.9. The molecule has 4 aromatic rings. The van der Waals surface area contributed by atoms with Crippen LogP contribution in [0.2, 0.25) is 0 Å². The third kappa shape index (κ3) is 4.33. The summed E-state index contributed by atoms with van der Waals surface area (Å²) in [4.78, 5) is 17.6. The summed E-state index contributed by atoms with van der Waals surface area (Å²) >= 11 is 0. The summed E-state index contributed by atoms with van der Waals surface area (Å²) in [5.41, 5.74) is 3.78. The van der Waals surface area contributed by atoms with Crippen molar-refractivity contribution in [3.8, 4) is 5.75 Å². The van der Waals surface area contributed by atoms with Crippen LogP contribution in [0.4, 0.5) is 5.69 Å². The van der Waals surface area contributed by atoms with Crippen LogP contribution in [0.15, 0.2) is 83.9 Å². The Balaban J connectivity index is 1.36. The Labute approximate surface area is 204 Å². The smallest absolute Gasteiger partial charge is 0.264 e. The molecule has 1 amide bonds. The summed E-state index contributed by atoms with van der Waals surface area (Å²) in [7, 11) is -2.37. The van der Waals surface area contributed by atoms with Crippen molar-refractivity contribution in [3.05, 3.63) is 95.7 Å². The number of methoxy groups -OCH3 is 1. The van der Waals surface area contributed by atoms with E-state index in [2.05, 4.69) is 10.3 Å². The number of nitrogens with zero attached hydrogens (tertiary/aromatic N) is 2. The van der Waals surface area contributed by atoms with E-state index in [-0.39, 0.29) is 10.5 Å². The predicted molar refractivity (Wildman–Crippen MR) is 135 cm³/mol. The minimum absolute atomic E-state index is 0.0541. The number of carbonyl (C=O) groups is 1. The fraction of sp³-hybridized carbons (Fsp3) is 0.185. The zero-order chi connectivity index (χ0) is 24.4. The zero-order valence-corrected chi connectivity index (χ0v) is 20.1. The van der Waals surface area contributed by atoms with E-state index >= 15 is 0 Å². The molecule has 178 valence electrons. The molecule has 3 aromatic carbocycles. The Kier molecular flexibility index (Phi) is 6.13. The monoisotopic (exact) mass is 487 g/mol. The molecule has 1 N–H and O–H groups in total. The fourth-order valence-corrected chi connectivity index (χ4v) is 6.01. The van der Waals surface area contributed by atoms with Gasteiger partial charge in [0.2, 0.25) is 0 Å². The first-order chi connectivity index (χ1) is 17.0. The third-order valence-corrected chi connectivity index (χ3v) is 8.05. The highest BCUT2D eigenvalue weighted by atomic mass is 32.2. The molecule has 2 heterocycles. The Bertz CT molecular complexity index is 1510. The van der Waals surface area contributed by atoms with Crippen LogP contribution in [0.1, 0.15) is 21.5 Å². The molecule has 0 bridgehead atoms. The molecule has 0 aliphatic carbocycles. The molecular weight excluding hydrogens is 462 g/mol. The Morgan fingerprint density at radius 1 is 1.06 bits per heavy atom. The standard InChI is InChI=1S/C27H25N3O4S/c1-34-25-12-11-22(35(32,33)30-17-14-19-6-2-3-10-24(19)30)18-23(25)27(31)29-16-13-21-8-4-7-20-9-5-15-28-26(20)21/h2-12,15,18H,13-14,16-17H2,1H3,(H,29,31). The molecule has 0 radical (unpaired) electrons. The lowest BCUT2D eigenvalue weighted by molar-refractivity contribution is 0.0951. The largest absolute Gasteiger partial charge is 0.496 e. The van der Waals surface area contributed by atoms with E-state index in [1.54, 1.807) is 12.3 Å². The highest BCUT2D eigenvalue weighted by molar-refractivity contribution is 7.92. The van der Waals surface area contributed by atoms with Gasteiger partial charge in [-0.25, -0.2) is 8.42 Å². The van der Waals surface area contributed by atoms with Crippen molar-refractivity contribution >= 4 is 32.5 Å². The number of hydrogen-bond donors (Lipinski definition) is 1. The second-order valence-corrected chi connectivity index (χ2v) is 10.2. The number of fused-ring (bicyclic) bond motifs is 2. The molecule has 0 spiro atoms. The molecule has 0 unspecified atom stereocenters. The van der Waals surface area contributed by atoms with Gasteiger partial charge in [-0.2, -0.15) is 0 Å². The molecule has 0 fully saturated rings. The molecule has 1 aliphatic rings. The van der Waals surface area contributed by atoms with Crippen LogP contribution in [0.5, 0.6) is 5.75 Å². The van der Waals surface area contributed by atoms with Crippen molar-refractivity contribution in [2.45, 2.75) is 17.7 Å². The minimum Gasteiger partial charge on any atom is -0.496 e. The quantitative estimate of drug-likeness (QED) is 0.426. The predicted octanol–water partition coefficient (Wildman–Crippen LogP) is 3.97. The van der Waals surface area contributed by atoms with Crippen molar-refractivity contribution in [1.29, 1.82) is 0 Å². The van der Waals surface area contributed by atoms with Crippen molar-refractivity contribution in [3.63, 3.8) is 0 Å². The maximum atomic E-state index is 13.4. The summed E-state index contributed by atoms with van der Waals surface area (Å²) in [6.07, 6.45) is 2.99. The van der Waals surface area contributed by atoms with E-state index in [4.69, 9.17) is 4.74 Å². The Hall–Kier alpha value is -3.91. The van der Waals surface area contributed by atoms with Gasteiger partial charge in [-0.15, -0.1) is 0 Å². The Morgan fingerprint density at radius 3 is 2.74 bits per heavy atom. The van der Waals surface area contributed by atoms with Gasteiger partial charge >= 0.3 is 0 Å². The van der Waals surface area contributed by atoms with Crippen LogP contribution >= 0.6 is 0 Å². The average Bonchev–Trinajstić information content (AvgIpc) is 3.33. The molecular formula is C27H25N3O4S. The summed E-state index contributed by atoms with van der Waals surface area (Å²) in [5.74, 6) is -0.0796. The number of hydrogen-bond acceptors (Lipinski definition) is 5. The number of pyridine rings is 1. The van der Waals surface area contributed by atoms with Gasteiger partial charge in [-0.05, 0) is 54.3 Å². The van der Waals surface area contributed by atoms with Crippen LogP contribution in [0, 0.1) is 0 Å².